The molecular weight excluding hydrogens is 540 g/mol. The Bertz CT molecular complexity index is 1510. The van der Waals surface area contributed by atoms with E-state index in [-0.39, 0.29) is 25.1 Å². The first-order valence-corrected chi connectivity index (χ1v) is 14.5. The van der Waals surface area contributed by atoms with Crippen LogP contribution in [0.2, 0.25) is 0 Å². The number of nitrogens with zero attached hydrogens (tertiary/aromatic N) is 4. The molecular formula is C30H36N6O6. The number of hydrogen-bond donors (Lipinski definition) is 3. The number of ether oxygens (including phenoxy) is 2. The lowest BCUT2D eigenvalue weighted by molar-refractivity contribution is -0.149. The Labute approximate surface area is 243 Å². The average Bonchev–Trinajstić information content (AvgIpc) is 3.73. The van der Waals surface area contributed by atoms with Crippen LogP contribution in [0.15, 0.2) is 48.5 Å². The molecule has 12 nitrogen and oxygen atoms in total. The SMILES string of the molecule is CCOc1ccc(NC(=O)[C@H]2[C@H]3C(=O)N([C@H](C)CO)C(C(=O)NCn4nnc5ccccc54)C34CC[C@]2(CC)O4)cc1. The fourth-order valence-corrected chi connectivity index (χ4v) is 7.22. The summed E-state index contributed by atoms with van der Waals surface area (Å²) in [6.07, 6.45) is 1.49. The third-order valence-corrected chi connectivity index (χ3v) is 9.14. The third kappa shape index (κ3) is 4.23. The molecule has 0 aliphatic carbocycles. The van der Waals surface area contributed by atoms with Gasteiger partial charge in [0.05, 0.1) is 42.2 Å². The lowest BCUT2D eigenvalue weighted by atomic mass is 9.65. The van der Waals surface area contributed by atoms with Gasteiger partial charge in [-0.2, -0.15) is 0 Å². The summed E-state index contributed by atoms with van der Waals surface area (Å²) in [5.41, 5.74) is -0.0599. The standard InChI is InChI=1S/C30H36N6O6/c1-4-29-14-15-30(42-29)24(23(29)26(38)32-19-10-12-20(13-11-19)41-5-2)28(40)36(18(3)16-37)25(30)27(39)31-17-35-22-9-7-6-8-21(22)33-34-35/h6-13,18,23-25,37H,4-5,14-17H2,1-3H3,(H,31,39)(H,32,38)/t18-,23-,24+,25?,29+,30?/m1/s1. The number of rotatable bonds is 10. The van der Waals surface area contributed by atoms with Gasteiger partial charge in [0.25, 0.3) is 0 Å². The minimum absolute atomic E-state index is 0.0344. The molecule has 222 valence electrons. The van der Waals surface area contributed by atoms with Crippen LogP contribution in [0, 0.1) is 11.8 Å². The maximum absolute atomic E-state index is 14.2. The first kappa shape index (κ1) is 28.1. The van der Waals surface area contributed by atoms with Gasteiger partial charge < -0.3 is 30.1 Å². The van der Waals surface area contributed by atoms with Crippen LogP contribution in [0.1, 0.15) is 40.0 Å². The highest BCUT2D eigenvalue weighted by Gasteiger charge is 2.79. The second-order valence-electron chi connectivity index (χ2n) is 11.3. The number of likely N-dealkylation sites (tertiary alicyclic amines) is 1. The molecule has 3 amide bonds. The van der Waals surface area contributed by atoms with Crippen molar-refractivity contribution in [2.24, 2.45) is 11.8 Å². The van der Waals surface area contributed by atoms with E-state index in [1.807, 2.05) is 38.1 Å². The maximum Gasteiger partial charge on any atom is 0.247 e. The van der Waals surface area contributed by atoms with Gasteiger partial charge in [0, 0.05) is 5.69 Å². The molecule has 2 bridgehead atoms. The molecule has 3 fully saturated rings. The summed E-state index contributed by atoms with van der Waals surface area (Å²) in [6, 6.07) is 12.8. The molecule has 1 aromatic heterocycles. The van der Waals surface area contributed by atoms with Crippen molar-refractivity contribution in [1.82, 2.24) is 25.2 Å². The van der Waals surface area contributed by atoms with E-state index in [4.69, 9.17) is 9.47 Å². The van der Waals surface area contributed by atoms with E-state index in [1.165, 1.54) is 4.90 Å². The van der Waals surface area contributed by atoms with Crippen molar-refractivity contribution in [3.63, 3.8) is 0 Å². The summed E-state index contributed by atoms with van der Waals surface area (Å²) < 4.78 is 13.8. The van der Waals surface area contributed by atoms with Crippen LogP contribution < -0.4 is 15.4 Å². The van der Waals surface area contributed by atoms with Crippen LogP contribution in [-0.2, 0) is 25.8 Å². The Morgan fingerprint density at radius 3 is 2.62 bits per heavy atom. The number of aliphatic hydroxyl groups is 1. The normalized spacial score (nSPS) is 28.6. The van der Waals surface area contributed by atoms with Gasteiger partial charge in [0.2, 0.25) is 17.7 Å². The minimum atomic E-state index is -1.20. The molecule has 0 radical (unpaired) electrons. The van der Waals surface area contributed by atoms with Gasteiger partial charge in [-0.05, 0) is 69.5 Å². The third-order valence-electron chi connectivity index (χ3n) is 9.14. The Kier molecular flexibility index (Phi) is 7.14. The highest BCUT2D eigenvalue weighted by molar-refractivity contribution is 6.02. The largest absolute Gasteiger partial charge is 0.494 e. The second kappa shape index (κ2) is 10.7. The van der Waals surface area contributed by atoms with Crippen molar-refractivity contribution in [3.8, 4) is 5.75 Å². The number of benzene rings is 2. The topological polar surface area (TPSA) is 148 Å². The van der Waals surface area contributed by atoms with E-state index < -0.39 is 41.0 Å². The lowest BCUT2D eigenvalue weighted by Gasteiger charge is -2.36. The Balaban J connectivity index is 1.30. The zero-order valence-corrected chi connectivity index (χ0v) is 23.9. The number of para-hydroxylation sites is 1. The zero-order chi connectivity index (χ0) is 29.6. The number of anilines is 1. The Morgan fingerprint density at radius 2 is 1.90 bits per heavy atom. The Hall–Kier alpha value is -4.03. The number of hydrogen-bond acceptors (Lipinski definition) is 8. The molecule has 3 aliphatic heterocycles. The smallest absolute Gasteiger partial charge is 0.247 e. The van der Waals surface area contributed by atoms with Crippen LogP contribution in [0.3, 0.4) is 0 Å². The lowest BCUT2D eigenvalue weighted by Crippen LogP contribution is -2.57. The molecule has 0 saturated carbocycles. The summed E-state index contributed by atoms with van der Waals surface area (Å²) >= 11 is 0. The summed E-state index contributed by atoms with van der Waals surface area (Å²) in [5, 5.41) is 24.3. The molecule has 6 atom stereocenters. The number of amides is 3. The monoisotopic (exact) mass is 576 g/mol. The maximum atomic E-state index is 14.2. The molecule has 2 aromatic carbocycles. The van der Waals surface area contributed by atoms with Crippen LogP contribution >= 0.6 is 0 Å². The van der Waals surface area contributed by atoms with E-state index >= 15 is 0 Å². The van der Waals surface area contributed by atoms with E-state index in [9.17, 15) is 19.5 Å². The van der Waals surface area contributed by atoms with Crippen molar-refractivity contribution in [1.29, 1.82) is 0 Å². The minimum Gasteiger partial charge on any atom is -0.494 e. The number of nitrogens with one attached hydrogen (secondary N) is 2. The molecule has 42 heavy (non-hydrogen) atoms. The molecule has 3 saturated heterocycles. The van der Waals surface area contributed by atoms with E-state index in [0.29, 0.717) is 42.8 Å². The summed E-state index contributed by atoms with van der Waals surface area (Å²) in [4.78, 5) is 43.5. The fourth-order valence-electron chi connectivity index (χ4n) is 7.22. The van der Waals surface area contributed by atoms with Crippen molar-refractivity contribution < 1.29 is 29.0 Å². The van der Waals surface area contributed by atoms with Gasteiger partial charge in [-0.3, -0.25) is 14.4 Å². The molecule has 4 heterocycles. The molecule has 1 spiro atoms. The predicted octanol–water partition coefficient (Wildman–Crippen LogP) is 2.08. The number of fused-ring (bicyclic) bond motifs is 2. The van der Waals surface area contributed by atoms with Crippen LogP contribution in [0.5, 0.6) is 5.75 Å². The quantitative estimate of drug-likeness (QED) is 0.332. The fraction of sp³-hybridized carbons (Fsp3) is 0.500. The van der Waals surface area contributed by atoms with Crippen LogP contribution in [-0.4, -0.2) is 79.2 Å². The van der Waals surface area contributed by atoms with Gasteiger partial charge in [0.1, 0.15) is 29.6 Å². The van der Waals surface area contributed by atoms with Crippen LogP contribution in [0.25, 0.3) is 11.0 Å². The zero-order valence-electron chi connectivity index (χ0n) is 23.9. The molecule has 2 unspecified atom stereocenters. The summed E-state index contributed by atoms with van der Waals surface area (Å²) in [7, 11) is 0. The van der Waals surface area contributed by atoms with E-state index in [1.54, 1.807) is 35.9 Å². The first-order chi connectivity index (χ1) is 20.3. The van der Waals surface area contributed by atoms with Crippen molar-refractivity contribution in [2.75, 3.05) is 18.5 Å². The van der Waals surface area contributed by atoms with Crippen LogP contribution in [0.4, 0.5) is 5.69 Å². The van der Waals surface area contributed by atoms with Gasteiger partial charge in [-0.25, -0.2) is 4.68 Å². The highest BCUT2D eigenvalue weighted by atomic mass is 16.5. The Morgan fingerprint density at radius 1 is 1.14 bits per heavy atom. The molecule has 3 N–H and O–H groups in total. The molecule has 12 heteroatoms. The van der Waals surface area contributed by atoms with Gasteiger partial charge in [-0.1, -0.05) is 24.3 Å². The second-order valence-corrected chi connectivity index (χ2v) is 11.3. The van der Waals surface area contributed by atoms with Crippen molar-refractivity contribution in [3.05, 3.63) is 48.5 Å². The van der Waals surface area contributed by atoms with Crippen molar-refractivity contribution >= 4 is 34.4 Å². The first-order valence-electron chi connectivity index (χ1n) is 14.5. The average molecular weight is 577 g/mol. The predicted molar refractivity (Wildman–Crippen MR) is 152 cm³/mol. The molecule has 6 rings (SSSR count). The van der Waals surface area contributed by atoms with Gasteiger partial charge in [-0.15, -0.1) is 5.10 Å². The number of aliphatic hydroxyl groups excluding tert-OH is 1. The highest BCUT2D eigenvalue weighted by Crippen LogP contribution is 2.64. The van der Waals surface area contributed by atoms with Crippen molar-refractivity contribution in [2.45, 2.75) is 70.0 Å². The molecule has 3 aromatic rings. The van der Waals surface area contributed by atoms with E-state index in [0.717, 1.165) is 5.52 Å². The summed E-state index contributed by atoms with van der Waals surface area (Å²) in [5.74, 6) is -2.09. The molecule has 3 aliphatic rings. The van der Waals surface area contributed by atoms with Gasteiger partial charge in [0.15, 0.2) is 0 Å². The van der Waals surface area contributed by atoms with E-state index in [2.05, 4.69) is 20.9 Å². The number of carbonyl (C=O) groups is 3. The summed E-state index contributed by atoms with van der Waals surface area (Å²) in [6.45, 7) is 5.76. The van der Waals surface area contributed by atoms with Gasteiger partial charge >= 0.3 is 0 Å². The number of carbonyl (C=O) groups excluding carboxylic acids is 3. The number of aromatic nitrogens is 3.